The molecule has 1 N–H and O–H groups in total. The number of nitrogens with zero attached hydrogens (tertiary/aromatic N) is 2. The summed E-state index contributed by atoms with van der Waals surface area (Å²) < 4.78 is 6.52. The van der Waals surface area contributed by atoms with Crippen LogP contribution < -0.4 is 5.32 Å². The summed E-state index contributed by atoms with van der Waals surface area (Å²) in [7, 11) is 0. The van der Waals surface area contributed by atoms with Crippen LogP contribution in [0.25, 0.3) is 11.5 Å². The zero-order valence-corrected chi connectivity index (χ0v) is 16.1. The molecule has 0 saturated heterocycles. The fraction of sp³-hybridized carbons (Fsp3) is 0.111. The Kier molecular flexibility index (Phi) is 5.85. The fourth-order valence-corrected chi connectivity index (χ4v) is 3.09. The van der Waals surface area contributed by atoms with Crippen LogP contribution in [0.4, 0.5) is 5.69 Å². The number of halogens is 1. The Morgan fingerprint density at radius 1 is 1.15 bits per heavy atom. The maximum atomic E-state index is 12.2. The first kappa shape index (κ1) is 18.3. The van der Waals surface area contributed by atoms with Crippen LogP contribution in [0.3, 0.4) is 0 Å². The summed E-state index contributed by atoms with van der Waals surface area (Å²) in [5.74, 6) is 0.357. The molecule has 26 heavy (non-hydrogen) atoms. The van der Waals surface area contributed by atoms with Gasteiger partial charge in [0.2, 0.25) is 11.8 Å². The summed E-state index contributed by atoms with van der Waals surface area (Å²) in [6.45, 7) is 1.44. The lowest BCUT2D eigenvalue weighted by Gasteiger charge is -2.02. The molecular weight excluding hydrogens is 418 g/mol. The minimum atomic E-state index is -0.157. The van der Waals surface area contributed by atoms with Gasteiger partial charge in [0.25, 0.3) is 5.22 Å². The third-order valence-corrected chi connectivity index (χ3v) is 4.68. The molecule has 0 radical (unpaired) electrons. The van der Waals surface area contributed by atoms with Gasteiger partial charge in [-0.3, -0.25) is 9.59 Å². The second-order valence-corrected chi connectivity index (χ2v) is 7.20. The zero-order valence-electron chi connectivity index (χ0n) is 13.7. The van der Waals surface area contributed by atoms with Crippen molar-refractivity contribution in [3.8, 4) is 11.5 Å². The molecule has 0 unspecified atom stereocenters. The van der Waals surface area contributed by atoms with Crippen LogP contribution in [0.5, 0.6) is 0 Å². The Morgan fingerprint density at radius 2 is 1.92 bits per heavy atom. The summed E-state index contributed by atoms with van der Waals surface area (Å²) in [5, 5.41) is 11.0. The van der Waals surface area contributed by atoms with Gasteiger partial charge in [-0.25, -0.2) is 0 Å². The van der Waals surface area contributed by atoms with Gasteiger partial charge in [-0.05, 0) is 30.3 Å². The van der Waals surface area contributed by atoms with E-state index >= 15 is 0 Å². The molecule has 0 saturated carbocycles. The number of thioether (sulfide) groups is 1. The van der Waals surface area contributed by atoms with Crippen molar-refractivity contribution in [3.63, 3.8) is 0 Å². The number of ketones is 1. The maximum absolute atomic E-state index is 12.2. The molecular formula is C18H14BrN3O3S. The van der Waals surface area contributed by atoms with E-state index in [0.717, 1.165) is 4.47 Å². The van der Waals surface area contributed by atoms with Crippen molar-refractivity contribution < 1.29 is 14.0 Å². The minimum Gasteiger partial charge on any atom is -0.411 e. The van der Waals surface area contributed by atoms with Crippen molar-refractivity contribution in [3.05, 3.63) is 58.6 Å². The van der Waals surface area contributed by atoms with Crippen molar-refractivity contribution in [1.82, 2.24) is 10.2 Å². The number of nitrogens with one attached hydrogen (secondary N) is 1. The number of Topliss-reactive ketones (excluding diaryl/α,β-unsaturated/α-hetero) is 1. The number of anilines is 1. The molecule has 0 bridgehead atoms. The van der Waals surface area contributed by atoms with E-state index in [0.29, 0.717) is 27.9 Å². The lowest BCUT2D eigenvalue weighted by Crippen LogP contribution is -2.05. The third-order valence-electron chi connectivity index (χ3n) is 3.33. The highest BCUT2D eigenvalue weighted by atomic mass is 79.9. The number of benzene rings is 2. The first-order valence-corrected chi connectivity index (χ1v) is 9.42. The van der Waals surface area contributed by atoms with E-state index in [4.69, 9.17) is 4.42 Å². The Balaban J connectivity index is 1.65. The third kappa shape index (κ3) is 4.80. The molecule has 6 nitrogen and oxygen atoms in total. The van der Waals surface area contributed by atoms with Crippen molar-refractivity contribution in [1.29, 1.82) is 0 Å². The monoisotopic (exact) mass is 431 g/mol. The van der Waals surface area contributed by atoms with Crippen LogP contribution in [0.15, 0.2) is 62.6 Å². The van der Waals surface area contributed by atoms with E-state index in [9.17, 15) is 9.59 Å². The van der Waals surface area contributed by atoms with Gasteiger partial charge in [-0.1, -0.05) is 45.9 Å². The number of carbonyl (C=O) groups is 2. The molecule has 1 amide bonds. The Labute approximate surface area is 162 Å². The smallest absolute Gasteiger partial charge is 0.277 e. The van der Waals surface area contributed by atoms with Gasteiger partial charge in [0.15, 0.2) is 5.78 Å². The quantitative estimate of drug-likeness (QED) is 0.458. The van der Waals surface area contributed by atoms with Crippen molar-refractivity contribution in [2.24, 2.45) is 0 Å². The number of hydrogen-bond acceptors (Lipinski definition) is 6. The average molecular weight is 432 g/mol. The molecule has 0 aliphatic carbocycles. The molecule has 0 fully saturated rings. The van der Waals surface area contributed by atoms with Crippen LogP contribution in [-0.4, -0.2) is 27.6 Å². The summed E-state index contributed by atoms with van der Waals surface area (Å²) >= 11 is 4.53. The molecule has 0 atom stereocenters. The molecule has 0 aliphatic heterocycles. The van der Waals surface area contributed by atoms with E-state index in [1.165, 1.54) is 18.7 Å². The van der Waals surface area contributed by atoms with Crippen LogP contribution in [0.2, 0.25) is 0 Å². The van der Waals surface area contributed by atoms with E-state index in [1.807, 2.05) is 12.1 Å². The Morgan fingerprint density at radius 3 is 2.65 bits per heavy atom. The van der Waals surface area contributed by atoms with Gasteiger partial charge in [0.1, 0.15) is 0 Å². The Hall–Kier alpha value is -2.45. The fourth-order valence-electron chi connectivity index (χ4n) is 2.16. The molecule has 0 spiro atoms. The standard InChI is InChI=1S/C18H14BrN3O3S/c1-11(23)20-15-4-2-3-13(9-15)17-21-22-18(25-17)26-10-16(24)12-5-7-14(19)8-6-12/h2-9H,10H2,1H3,(H,20,23). The number of hydrogen-bond donors (Lipinski definition) is 1. The summed E-state index contributed by atoms with van der Waals surface area (Å²) in [6, 6.07) is 14.3. The predicted molar refractivity (Wildman–Crippen MR) is 103 cm³/mol. The molecule has 1 heterocycles. The SMILES string of the molecule is CC(=O)Nc1cccc(-c2nnc(SCC(=O)c3ccc(Br)cc3)o2)c1. The van der Waals surface area contributed by atoms with Crippen LogP contribution in [0, 0.1) is 0 Å². The second-order valence-electron chi connectivity index (χ2n) is 5.35. The van der Waals surface area contributed by atoms with E-state index in [-0.39, 0.29) is 17.4 Å². The van der Waals surface area contributed by atoms with Crippen LogP contribution in [0.1, 0.15) is 17.3 Å². The number of carbonyl (C=O) groups excluding carboxylic acids is 2. The van der Waals surface area contributed by atoms with Crippen molar-refractivity contribution in [2.45, 2.75) is 12.1 Å². The Bertz CT molecular complexity index is 941. The van der Waals surface area contributed by atoms with Gasteiger partial charge in [0.05, 0.1) is 5.75 Å². The molecule has 1 aromatic heterocycles. The van der Waals surface area contributed by atoms with E-state index in [1.54, 1.807) is 36.4 Å². The van der Waals surface area contributed by atoms with Gasteiger partial charge >= 0.3 is 0 Å². The summed E-state index contributed by atoms with van der Waals surface area (Å²) in [5.41, 5.74) is 1.96. The molecule has 0 aliphatic rings. The predicted octanol–water partition coefficient (Wildman–Crippen LogP) is 4.43. The lowest BCUT2D eigenvalue weighted by molar-refractivity contribution is -0.114. The lowest BCUT2D eigenvalue weighted by atomic mass is 10.2. The van der Waals surface area contributed by atoms with Gasteiger partial charge < -0.3 is 9.73 Å². The zero-order chi connectivity index (χ0) is 18.5. The molecule has 132 valence electrons. The number of rotatable bonds is 6. The van der Waals surface area contributed by atoms with E-state index < -0.39 is 0 Å². The maximum Gasteiger partial charge on any atom is 0.277 e. The van der Waals surface area contributed by atoms with Crippen molar-refractivity contribution >= 4 is 45.1 Å². The molecule has 3 rings (SSSR count). The van der Waals surface area contributed by atoms with Crippen LogP contribution >= 0.6 is 27.7 Å². The normalized spacial score (nSPS) is 10.5. The molecule has 2 aromatic carbocycles. The highest BCUT2D eigenvalue weighted by Crippen LogP contribution is 2.25. The van der Waals surface area contributed by atoms with Gasteiger partial charge in [-0.2, -0.15) is 0 Å². The highest BCUT2D eigenvalue weighted by Gasteiger charge is 2.13. The molecule has 8 heteroatoms. The topological polar surface area (TPSA) is 85.1 Å². The summed E-state index contributed by atoms with van der Waals surface area (Å²) in [4.78, 5) is 23.3. The first-order valence-electron chi connectivity index (χ1n) is 7.64. The van der Waals surface area contributed by atoms with Gasteiger partial charge in [0, 0.05) is 28.2 Å². The van der Waals surface area contributed by atoms with Crippen molar-refractivity contribution in [2.75, 3.05) is 11.1 Å². The van der Waals surface area contributed by atoms with Crippen LogP contribution in [-0.2, 0) is 4.79 Å². The average Bonchev–Trinajstić information content (AvgIpc) is 3.09. The molecule has 3 aromatic rings. The number of aromatic nitrogens is 2. The van der Waals surface area contributed by atoms with E-state index in [2.05, 4.69) is 31.4 Å². The highest BCUT2D eigenvalue weighted by molar-refractivity contribution is 9.10. The second kappa shape index (κ2) is 8.29. The van der Waals surface area contributed by atoms with Gasteiger partial charge in [-0.15, -0.1) is 10.2 Å². The number of amides is 1. The summed E-state index contributed by atoms with van der Waals surface area (Å²) in [6.07, 6.45) is 0. The largest absolute Gasteiger partial charge is 0.411 e. The first-order chi connectivity index (χ1) is 12.5. The minimum absolute atomic E-state index is 0.0186.